The summed E-state index contributed by atoms with van der Waals surface area (Å²) in [4.78, 5) is 11.4. The number of halogens is 1. The SMILES string of the molecule is O=C(O)c1ccccc1-c1cccc2c(I)c(O)ccc12. The van der Waals surface area contributed by atoms with Crippen molar-refractivity contribution in [2.24, 2.45) is 0 Å². The van der Waals surface area contributed by atoms with E-state index in [4.69, 9.17) is 0 Å². The van der Waals surface area contributed by atoms with Crippen molar-refractivity contribution in [3.8, 4) is 16.9 Å². The van der Waals surface area contributed by atoms with E-state index >= 15 is 0 Å². The third-order valence-electron chi connectivity index (χ3n) is 3.42. The first-order valence-electron chi connectivity index (χ1n) is 6.32. The molecule has 0 amide bonds. The summed E-state index contributed by atoms with van der Waals surface area (Å²) in [6.07, 6.45) is 0. The molecule has 0 saturated heterocycles. The summed E-state index contributed by atoms with van der Waals surface area (Å²) in [6, 6.07) is 16.1. The summed E-state index contributed by atoms with van der Waals surface area (Å²) in [5, 5.41) is 21.0. The molecule has 0 aliphatic carbocycles. The largest absolute Gasteiger partial charge is 0.507 e. The zero-order valence-corrected chi connectivity index (χ0v) is 13.0. The van der Waals surface area contributed by atoms with Crippen LogP contribution in [0.25, 0.3) is 21.9 Å². The van der Waals surface area contributed by atoms with Gasteiger partial charge in [0.2, 0.25) is 0 Å². The second kappa shape index (κ2) is 5.37. The van der Waals surface area contributed by atoms with Gasteiger partial charge in [-0.3, -0.25) is 0 Å². The Balaban J connectivity index is 2.37. The number of aromatic carboxylic acids is 1. The molecule has 4 heteroatoms. The Kier molecular flexibility index (Phi) is 3.55. The van der Waals surface area contributed by atoms with E-state index in [1.165, 1.54) is 0 Å². The highest BCUT2D eigenvalue weighted by atomic mass is 127. The number of carboxylic acid groups (broad SMARTS) is 1. The monoisotopic (exact) mass is 390 g/mol. The Morgan fingerprint density at radius 1 is 0.857 bits per heavy atom. The Hall–Kier alpha value is -2.08. The van der Waals surface area contributed by atoms with Crippen LogP contribution in [0.4, 0.5) is 0 Å². The number of hydrogen-bond donors (Lipinski definition) is 2. The molecule has 3 aromatic rings. The third kappa shape index (κ3) is 2.35. The fourth-order valence-corrected chi connectivity index (χ4v) is 3.10. The molecule has 3 rings (SSSR count). The maximum absolute atomic E-state index is 11.4. The summed E-state index contributed by atoms with van der Waals surface area (Å²) in [5.41, 5.74) is 1.80. The van der Waals surface area contributed by atoms with Crippen LogP contribution in [0.2, 0.25) is 0 Å². The van der Waals surface area contributed by atoms with E-state index in [2.05, 4.69) is 22.6 Å². The minimum absolute atomic E-state index is 0.228. The molecule has 0 aromatic heterocycles. The van der Waals surface area contributed by atoms with Crippen molar-refractivity contribution in [1.29, 1.82) is 0 Å². The van der Waals surface area contributed by atoms with Crippen molar-refractivity contribution in [2.75, 3.05) is 0 Å². The molecular formula is C17H11IO3. The van der Waals surface area contributed by atoms with Crippen LogP contribution in [0.5, 0.6) is 5.75 Å². The van der Waals surface area contributed by atoms with Gasteiger partial charge < -0.3 is 10.2 Å². The molecule has 0 aliphatic rings. The Morgan fingerprint density at radius 2 is 1.57 bits per heavy atom. The number of fused-ring (bicyclic) bond motifs is 1. The van der Waals surface area contributed by atoms with Gasteiger partial charge in [0, 0.05) is 0 Å². The van der Waals surface area contributed by atoms with Gasteiger partial charge in [-0.25, -0.2) is 4.79 Å². The number of phenolic OH excluding ortho intramolecular Hbond substituents is 1. The van der Waals surface area contributed by atoms with Crippen LogP contribution in [0.1, 0.15) is 10.4 Å². The van der Waals surface area contributed by atoms with Crippen LogP contribution in [-0.2, 0) is 0 Å². The first-order chi connectivity index (χ1) is 10.1. The Bertz CT molecular complexity index is 856. The maximum atomic E-state index is 11.4. The zero-order valence-electron chi connectivity index (χ0n) is 10.9. The van der Waals surface area contributed by atoms with E-state index in [1.807, 2.05) is 30.3 Å². The lowest BCUT2D eigenvalue weighted by Crippen LogP contribution is -1.99. The van der Waals surface area contributed by atoms with Crippen molar-refractivity contribution in [3.63, 3.8) is 0 Å². The van der Waals surface area contributed by atoms with Gasteiger partial charge in [-0.1, -0.05) is 42.5 Å². The maximum Gasteiger partial charge on any atom is 0.336 e. The smallest absolute Gasteiger partial charge is 0.336 e. The lowest BCUT2D eigenvalue weighted by molar-refractivity contribution is 0.0697. The molecule has 0 bridgehead atoms. The lowest BCUT2D eigenvalue weighted by Gasteiger charge is -2.11. The number of benzene rings is 3. The van der Waals surface area contributed by atoms with Crippen molar-refractivity contribution >= 4 is 39.3 Å². The third-order valence-corrected chi connectivity index (χ3v) is 4.56. The molecule has 2 N–H and O–H groups in total. The molecule has 0 atom stereocenters. The number of phenols is 1. The molecule has 0 radical (unpaired) electrons. The van der Waals surface area contributed by atoms with Gasteiger partial charge in [-0.2, -0.15) is 0 Å². The fraction of sp³-hybridized carbons (Fsp3) is 0. The van der Waals surface area contributed by atoms with E-state index in [-0.39, 0.29) is 11.3 Å². The molecular weight excluding hydrogens is 379 g/mol. The predicted octanol–water partition coefficient (Wildman–Crippen LogP) is 4.52. The summed E-state index contributed by atoms with van der Waals surface area (Å²) in [6.45, 7) is 0. The van der Waals surface area contributed by atoms with E-state index < -0.39 is 5.97 Å². The highest BCUT2D eigenvalue weighted by molar-refractivity contribution is 14.1. The highest BCUT2D eigenvalue weighted by Gasteiger charge is 2.14. The Labute approximate surface area is 135 Å². The molecule has 0 aliphatic heterocycles. The molecule has 21 heavy (non-hydrogen) atoms. The lowest BCUT2D eigenvalue weighted by atomic mass is 9.94. The van der Waals surface area contributed by atoms with Gasteiger partial charge in [0.1, 0.15) is 5.75 Å². The van der Waals surface area contributed by atoms with Gasteiger partial charge in [-0.05, 0) is 56.6 Å². The normalized spacial score (nSPS) is 10.7. The number of carboxylic acids is 1. The molecule has 104 valence electrons. The summed E-state index contributed by atoms with van der Waals surface area (Å²) in [5.74, 6) is -0.720. The minimum atomic E-state index is -0.948. The molecule has 0 unspecified atom stereocenters. The average Bonchev–Trinajstić information content (AvgIpc) is 2.50. The highest BCUT2D eigenvalue weighted by Crippen LogP contribution is 2.35. The number of aromatic hydroxyl groups is 1. The predicted molar refractivity (Wildman–Crippen MR) is 90.7 cm³/mol. The first-order valence-corrected chi connectivity index (χ1v) is 7.40. The molecule has 3 aromatic carbocycles. The fourth-order valence-electron chi connectivity index (χ4n) is 2.45. The van der Waals surface area contributed by atoms with Crippen LogP contribution in [0.3, 0.4) is 0 Å². The van der Waals surface area contributed by atoms with Crippen LogP contribution < -0.4 is 0 Å². The molecule has 0 heterocycles. The van der Waals surface area contributed by atoms with Crippen LogP contribution in [0, 0.1) is 3.57 Å². The van der Waals surface area contributed by atoms with Crippen molar-refractivity contribution in [3.05, 3.63) is 63.7 Å². The van der Waals surface area contributed by atoms with E-state index in [0.29, 0.717) is 5.56 Å². The molecule has 0 fully saturated rings. The molecule has 3 nitrogen and oxygen atoms in total. The van der Waals surface area contributed by atoms with Crippen molar-refractivity contribution in [2.45, 2.75) is 0 Å². The number of hydrogen-bond acceptors (Lipinski definition) is 2. The quantitative estimate of drug-likeness (QED) is 0.633. The summed E-state index contributed by atoms with van der Waals surface area (Å²) in [7, 11) is 0. The van der Waals surface area contributed by atoms with Crippen molar-refractivity contribution < 1.29 is 15.0 Å². The summed E-state index contributed by atoms with van der Waals surface area (Å²) >= 11 is 2.09. The van der Waals surface area contributed by atoms with Gasteiger partial charge in [0.05, 0.1) is 9.13 Å². The van der Waals surface area contributed by atoms with Crippen molar-refractivity contribution in [1.82, 2.24) is 0 Å². The van der Waals surface area contributed by atoms with E-state index in [0.717, 1.165) is 19.9 Å². The van der Waals surface area contributed by atoms with Gasteiger partial charge in [-0.15, -0.1) is 0 Å². The summed E-state index contributed by atoms with van der Waals surface area (Å²) < 4.78 is 0.764. The molecule has 0 spiro atoms. The standard InChI is InChI=1S/C17H11IO3/c18-16-13-7-3-6-10(12(13)8-9-15(16)19)11-4-1-2-5-14(11)17(20)21/h1-9,19H,(H,20,21). The topological polar surface area (TPSA) is 57.5 Å². The van der Waals surface area contributed by atoms with E-state index in [1.54, 1.807) is 24.3 Å². The van der Waals surface area contributed by atoms with Gasteiger partial charge >= 0.3 is 5.97 Å². The second-order valence-electron chi connectivity index (χ2n) is 4.65. The average molecular weight is 390 g/mol. The second-order valence-corrected chi connectivity index (χ2v) is 5.73. The van der Waals surface area contributed by atoms with E-state index in [9.17, 15) is 15.0 Å². The van der Waals surface area contributed by atoms with Crippen LogP contribution in [0.15, 0.2) is 54.6 Å². The van der Waals surface area contributed by atoms with Crippen LogP contribution in [-0.4, -0.2) is 16.2 Å². The minimum Gasteiger partial charge on any atom is -0.507 e. The van der Waals surface area contributed by atoms with Gasteiger partial charge in [0.25, 0.3) is 0 Å². The van der Waals surface area contributed by atoms with Gasteiger partial charge in [0.15, 0.2) is 0 Å². The number of rotatable bonds is 2. The molecule has 0 saturated carbocycles. The zero-order chi connectivity index (χ0) is 15.0. The number of carbonyl (C=O) groups is 1. The Morgan fingerprint density at radius 3 is 2.33 bits per heavy atom. The first kappa shape index (κ1) is 13.9. The van der Waals surface area contributed by atoms with Crippen LogP contribution >= 0.6 is 22.6 Å².